The van der Waals surface area contributed by atoms with Crippen LogP contribution in [-0.4, -0.2) is 4.74 Å². The summed E-state index contributed by atoms with van der Waals surface area (Å²) in [7, 11) is 0. The molecule has 0 bridgehead atoms. The molecule has 3 rings (SSSR count). The van der Waals surface area contributed by atoms with E-state index < -0.39 is 0 Å². The van der Waals surface area contributed by atoms with Gasteiger partial charge in [0.15, 0.2) is 5.76 Å². The smallest absolute Gasteiger partial charge is 0.244 e. The van der Waals surface area contributed by atoms with E-state index in [2.05, 4.69) is 0 Å². The quantitative estimate of drug-likeness (QED) is 0.748. The number of hydrogen-bond donors (Lipinski definition) is 1. The molecule has 0 atom stereocenters. The Balaban J connectivity index is 2.29. The van der Waals surface area contributed by atoms with Gasteiger partial charge in [-0.15, -0.1) is 0 Å². The van der Waals surface area contributed by atoms with Crippen molar-refractivity contribution < 1.29 is 8.94 Å². The lowest BCUT2D eigenvalue weighted by molar-refractivity contribution is 0.312. The SMILES string of the molecule is Cc1c(-c2ccco2)n(-c2ccccc2)oc1=N. The highest BCUT2D eigenvalue weighted by molar-refractivity contribution is 5.59. The fourth-order valence-corrected chi connectivity index (χ4v) is 1.91. The van der Waals surface area contributed by atoms with Crippen molar-refractivity contribution >= 4 is 0 Å². The molecular weight excluding hydrogens is 228 g/mol. The topological polar surface area (TPSA) is 55.1 Å². The van der Waals surface area contributed by atoms with Crippen molar-refractivity contribution in [1.82, 2.24) is 4.74 Å². The van der Waals surface area contributed by atoms with Crippen molar-refractivity contribution in [3.8, 4) is 17.1 Å². The molecule has 0 radical (unpaired) electrons. The van der Waals surface area contributed by atoms with E-state index >= 15 is 0 Å². The van der Waals surface area contributed by atoms with Crippen molar-refractivity contribution in [2.75, 3.05) is 0 Å². The molecule has 2 aromatic heterocycles. The zero-order valence-corrected chi connectivity index (χ0v) is 9.88. The molecule has 4 nitrogen and oxygen atoms in total. The van der Waals surface area contributed by atoms with Crippen LogP contribution in [0.3, 0.4) is 0 Å². The van der Waals surface area contributed by atoms with Gasteiger partial charge in [0.2, 0.25) is 5.55 Å². The van der Waals surface area contributed by atoms with Crippen molar-refractivity contribution in [2.24, 2.45) is 0 Å². The highest BCUT2D eigenvalue weighted by atomic mass is 16.5. The number of nitrogens with zero attached hydrogens (tertiary/aromatic N) is 1. The Morgan fingerprint density at radius 1 is 1.06 bits per heavy atom. The molecule has 0 saturated carbocycles. The molecule has 0 amide bonds. The molecule has 90 valence electrons. The Hall–Kier alpha value is -2.49. The summed E-state index contributed by atoms with van der Waals surface area (Å²) in [6.07, 6.45) is 1.61. The summed E-state index contributed by atoms with van der Waals surface area (Å²) in [6.45, 7) is 1.85. The molecule has 4 heteroatoms. The molecule has 0 aliphatic heterocycles. The maximum absolute atomic E-state index is 7.80. The van der Waals surface area contributed by atoms with Crippen LogP contribution in [0.1, 0.15) is 5.56 Å². The lowest BCUT2D eigenvalue weighted by atomic mass is 10.2. The Kier molecular flexibility index (Phi) is 2.41. The predicted octanol–water partition coefficient (Wildman–Crippen LogP) is 3.12. The van der Waals surface area contributed by atoms with Crippen LogP contribution in [0, 0.1) is 12.3 Å². The van der Waals surface area contributed by atoms with E-state index in [0.29, 0.717) is 5.76 Å². The molecule has 0 aliphatic carbocycles. The van der Waals surface area contributed by atoms with Crippen LogP contribution < -0.4 is 5.55 Å². The minimum atomic E-state index is 0.144. The zero-order valence-electron chi connectivity index (χ0n) is 9.88. The lowest BCUT2D eigenvalue weighted by Crippen LogP contribution is -1.96. The summed E-state index contributed by atoms with van der Waals surface area (Å²) >= 11 is 0. The van der Waals surface area contributed by atoms with Gasteiger partial charge in [-0.3, -0.25) is 5.41 Å². The fourth-order valence-electron chi connectivity index (χ4n) is 1.91. The van der Waals surface area contributed by atoms with E-state index in [-0.39, 0.29) is 5.55 Å². The summed E-state index contributed by atoms with van der Waals surface area (Å²) in [5.41, 5.74) is 2.54. The monoisotopic (exact) mass is 240 g/mol. The fraction of sp³-hybridized carbons (Fsp3) is 0.0714. The molecule has 18 heavy (non-hydrogen) atoms. The third-order valence-electron chi connectivity index (χ3n) is 2.83. The summed E-state index contributed by atoms with van der Waals surface area (Å²) in [6, 6.07) is 13.3. The van der Waals surface area contributed by atoms with Crippen LogP contribution in [0.25, 0.3) is 17.1 Å². The van der Waals surface area contributed by atoms with Gasteiger partial charge in [0.1, 0.15) is 5.69 Å². The number of para-hydroxylation sites is 1. The van der Waals surface area contributed by atoms with Gasteiger partial charge in [0.25, 0.3) is 0 Å². The van der Waals surface area contributed by atoms with Crippen LogP contribution in [-0.2, 0) is 0 Å². The van der Waals surface area contributed by atoms with Crippen molar-refractivity contribution in [1.29, 1.82) is 5.41 Å². The van der Waals surface area contributed by atoms with Gasteiger partial charge in [-0.05, 0) is 31.2 Å². The number of hydrogen-bond acceptors (Lipinski definition) is 3. The number of furan rings is 1. The Labute approximate surface area is 104 Å². The molecule has 0 spiro atoms. The van der Waals surface area contributed by atoms with Gasteiger partial charge in [-0.1, -0.05) is 18.2 Å². The van der Waals surface area contributed by atoms with E-state index in [0.717, 1.165) is 16.9 Å². The van der Waals surface area contributed by atoms with Gasteiger partial charge >= 0.3 is 0 Å². The number of aromatic nitrogens is 1. The third-order valence-corrected chi connectivity index (χ3v) is 2.83. The standard InChI is InChI=1S/C14H12N2O2/c1-10-13(12-8-5-9-17-12)16(18-14(10)15)11-6-3-2-4-7-11/h2-9,15H,1H3. The minimum Gasteiger partial charge on any atom is -0.463 e. The number of nitrogens with one attached hydrogen (secondary N) is 1. The first-order valence-electron chi connectivity index (χ1n) is 5.64. The zero-order chi connectivity index (χ0) is 12.5. The Morgan fingerprint density at radius 2 is 1.83 bits per heavy atom. The predicted molar refractivity (Wildman–Crippen MR) is 66.3 cm³/mol. The van der Waals surface area contributed by atoms with E-state index in [1.54, 1.807) is 11.0 Å². The number of rotatable bonds is 2. The van der Waals surface area contributed by atoms with Gasteiger partial charge in [-0.25, -0.2) is 0 Å². The molecule has 0 fully saturated rings. The van der Waals surface area contributed by atoms with E-state index in [4.69, 9.17) is 14.3 Å². The van der Waals surface area contributed by atoms with E-state index in [9.17, 15) is 0 Å². The lowest BCUT2D eigenvalue weighted by Gasteiger charge is -2.04. The minimum absolute atomic E-state index is 0.144. The number of benzene rings is 1. The van der Waals surface area contributed by atoms with E-state index in [1.807, 2.05) is 49.4 Å². The maximum Gasteiger partial charge on any atom is 0.244 e. The normalized spacial score (nSPS) is 10.7. The molecule has 0 saturated heterocycles. The molecular formula is C14H12N2O2. The van der Waals surface area contributed by atoms with Crippen molar-refractivity contribution in [3.63, 3.8) is 0 Å². The molecule has 1 aromatic carbocycles. The second-order valence-corrected chi connectivity index (χ2v) is 4.00. The van der Waals surface area contributed by atoms with Crippen LogP contribution in [0.15, 0.2) is 57.7 Å². The largest absolute Gasteiger partial charge is 0.463 e. The van der Waals surface area contributed by atoms with Crippen LogP contribution >= 0.6 is 0 Å². The first-order chi connectivity index (χ1) is 8.77. The highest BCUT2D eigenvalue weighted by Gasteiger charge is 2.16. The first-order valence-corrected chi connectivity index (χ1v) is 5.64. The van der Waals surface area contributed by atoms with Crippen LogP contribution in [0.2, 0.25) is 0 Å². The van der Waals surface area contributed by atoms with E-state index in [1.165, 1.54) is 0 Å². The molecule has 2 heterocycles. The summed E-state index contributed by atoms with van der Waals surface area (Å²) in [5, 5.41) is 7.80. The Bertz CT molecular complexity index is 706. The third kappa shape index (κ3) is 1.59. The second-order valence-electron chi connectivity index (χ2n) is 4.00. The van der Waals surface area contributed by atoms with Crippen molar-refractivity contribution in [2.45, 2.75) is 6.92 Å². The molecule has 0 aliphatic rings. The van der Waals surface area contributed by atoms with Gasteiger partial charge in [0, 0.05) is 5.56 Å². The molecule has 3 aromatic rings. The van der Waals surface area contributed by atoms with Crippen molar-refractivity contribution in [3.05, 3.63) is 59.8 Å². The van der Waals surface area contributed by atoms with Crippen LogP contribution in [0.4, 0.5) is 0 Å². The van der Waals surface area contributed by atoms with Gasteiger partial charge in [-0.2, -0.15) is 4.74 Å². The Morgan fingerprint density at radius 3 is 2.50 bits per heavy atom. The van der Waals surface area contributed by atoms with Crippen LogP contribution in [0.5, 0.6) is 0 Å². The second kappa shape index (κ2) is 4.07. The first kappa shape index (κ1) is 10.7. The average molecular weight is 240 g/mol. The summed E-state index contributed by atoms with van der Waals surface area (Å²) in [4.78, 5) is 0. The molecule has 1 N–H and O–H groups in total. The van der Waals surface area contributed by atoms with Gasteiger partial charge < -0.3 is 8.94 Å². The summed E-state index contributed by atoms with van der Waals surface area (Å²) in [5.74, 6) is 0.693. The molecule has 0 unspecified atom stereocenters. The maximum atomic E-state index is 7.80. The summed E-state index contributed by atoms with van der Waals surface area (Å²) < 4.78 is 12.5. The highest BCUT2D eigenvalue weighted by Crippen LogP contribution is 2.25. The average Bonchev–Trinajstić information content (AvgIpc) is 3.00. The van der Waals surface area contributed by atoms with Gasteiger partial charge in [0.05, 0.1) is 12.0 Å².